The van der Waals surface area contributed by atoms with Crippen molar-refractivity contribution in [2.45, 2.75) is 38.3 Å². The van der Waals surface area contributed by atoms with Crippen molar-refractivity contribution in [3.63, 3.8) is 0 Å². The largest absolute Gasteiger partial charge is 0.508 e. The van der Waals surface area contributed by atoms with Gasteiger partial charge in [-0.15, -0.1) is 0 Å². The molecule has 0 unspecified atom stereocenters. The average molecular weight is 270 g/mol. The van der Waals surface area contributed by atoms with Crippen LogP contribution in [-0.2, 0) is 6.54 Å². The molecule has 0 atom stereocenters. The molecule has 0 bridgehead atoms. The number of phenols is 1. The van der Waals surface area contributed by atoms with Gasteiger partial charge in [-0.05, 0) is 25.0 Å². The van der Waals surface area contributed by atoms with Crippen LogP contribution in [0.15, 0.2) is 22.7 Å². The zero-order valence-electron chi connectivity index (χ0n) is 8.67. The van der Waals surface area contributed by atoms with Crippen molar-refractivity contribution in [3.05, 3.63) is 28.2 Å². The van der Waals surface area contributed by atoms with Crippen LogP contribution in [0.2, 0.25) is 0 Å². The Labute approximate surface area is 98.8 Å². The fourth-order valence-corrected chi connectivity index (χ4v) is 2.42. The predicted molar refractivity (Wildman–Crippen MR) is 64.9 cm³/mol. The molecule has 0 aromatic heterocycles. The molecule has 1 fully saturated rings. The van der Waals surface area contributed by atoms with E-state index in [0.29, 0.717) is 11.8 Å². The van der Waals surface area contributed by atoms with Crippen molar-refractivity contribution < 1.29 is 5.11 Å². The maximum atomic E-state index is 9.70. The summed E-state index contributed by atoms with van der Waals surface area (Å²) in [5, 5.41) is 13.2. The number of aromatic hydroxyl groups is 1. The summed E-state index contributed by atoms with van der Waals surface area (Å²) in [6, 6.07) is 6.31. The van der Waals surface area contributed by atoms with Gasteiger partial charge >= 0.3 is 0 Å². The molecule has 0 heterocycles. The highest BCUT2D eigenvalue weighted by Gasteiger charge is 2.14. The van der Waals surface area contributed by atoms with Crippen LogP contribution in [0.25, 0.3) is 0 Å². The molecule has 2 nitrogen and oxygen atoms in total. The van der Waals surface area contributed by atoms with E-state index in [0.717, 1.165) is 16.6 Å². The normalized spacial score (nSPS) is 17.1. The second-order valence-corrected chi connectivity index (χ2v) is 5.05. The zero-order chi connectivity index (χ0) is 10.7. The molecule has 0 saturated heterocycles. The first-order chi connectivity index (χ1) is 7.25. The topological polar surface area (TPSA) is 32.3 Å². The van der Waals surface area contributed by atoms with Crippen LogP contribution in [-0.4, -0.2) is 11.1 Å². The Morgan fingerprint density at radius 3 is 2.73 bits per heavy atom. The maximum absolute atomic E-state index is 9.70. The Balaban J connectivity index is 1.92. The highest BCUT2D eigenvalue weighted by Crippen LogP contribution is 2.23. The Hall–Kier alpha value is -0.540. The SMILES string of the molecule is Oc1cc(Br)ccc1CNC1CCCC1. The van der Waals surface area contributed by atoms with Crippen molar-refractivity contribution >= 4 is 15.9 Å². The summed E-state index contributed by atoms with van der Waals surface area (Å²) in [5.41, 5.74) is 0.977. The number of rotatable bonds is 3. The van der Waals surface area contributed by atoms with Gasteiger partial charge in [-0.2, -0.15) is 0 Å². The van der Waals surface area contributed by atoms with Crippen molar-refractivity contribution in [2.24, 2.45) is 0 Å². The van der Waals surface area contributed by atoms with Crippen LogP contribution >= 0.6 is 15.9 Å². The first-order valence-electron chi connectivity index (χ1n) is 5.46. The van der Waals surface area contributed by atoms with E-state index in [-0.39, 0.29) is 0 Å². The summed E-state index contributed by atoms with van der Waals surface area (Å²) in [6.07, 6.45) is 5.22. The third-order valence-corrected chi connectivity index (χ3v) is 3.48. The lowest BCUT2D eigenvalue weighted by Gasteiger charge is -2.12. The maximum Gasteiger partial charge on any atom is 0.121 e. The third kappa shape index (κ3) is 2.95. The van der Waals surface area contributed by atoms with Gasteiger partial charge in [-0.3, -0.25) is 0 Å². The zero-order valence-corrected chi connectivity index (χ0v) is 10.3. The van der Waals surface area contributed by atoms with Gasteiger partial charge in [-0.25, -0.2) is 0 Å². The minimum atomic E-state index is 0.370. The van der Waals surface area contributed by atoms with Gasteiger partial charge < -0.3 is 10.4 Å². The number of phenolic OH excluding ortho intramolecular Hbond substituents is 1. The lowest BCUT2D eigenvalue weighted by atomic mass is 10.2. The number of benzene rings is 1. The number of hydrogen-bond acceptors (Lipinski definition) is 2. The van der Waals surface area contributed by atoms with Gasteiger partial charge in [0.1, 0.15) is 5.75 Å². The minimum absolute atomic E-state index is 0.370. The van der Waals surface area contributed by atoms with E-state index in [1.165, 1.54) is 25.7 Å². The van der Waals surface area contributed by atoms with Crippen molar-refractivity contribution in [1.82, 2.24) is 5.32 Å². The smallest absolute Gasteiger partial charge is 0.121 e. The van der Waals surface area contributed by atoms with Crippen LogP contribution in [0.5, 0.6) is 5.75 Å². The van der Waals surface area contributed by atoms with E-state index in [1.54, 1.807) is 6.07 Å². The standard InChI is InChI=1S/C12H16BrNO/c13-10-6-5-9(12(15)7-10)8-14-11-3-1-2-4-11/h5-7,11,14-15H,1-4,8H2. The molecule has 1 aromatic rings. The van der Waals surface area contributed by atoms with E-state index in [4.69, 9.17) is 0 Å². The molecular weight excluding hydrogens is 254 g/mol. The molecule has 1 aliphatic carbocycles. The molecule has 1 saturated carbocycles. The minimum Gasteiger partial charge on any atom is -0.508 e. The van der Waals surface area contributed by atoms with Crippen LogP contribution in [0.4, 0.5) is 0 Å². The second-order valence-electron chi connectivity index (χ2n) is 4.14. The highest BCUT2D eigenvalue weighted by atomic mass is 79.9. The molecule has 3 heteroatoms. The summed E-state index contributed by atoms with van der Waals surface area (Å²) in [4.78, 5) is 0. The van der Waals surface area contributed by atoms with Crippen molar-refractivity contribution in [2.75, 3.05) is 0 Å². The molecule has 0 spiro atoms. The average Bonchev–Trinajstić information content (AvgIpc) is 2.69. The summed E-state index contributed by atoms with van der Waals surface area (Å²) >= 11 is 3.33. The Bertz CT molecular complexity index is 334. The fraction of sp³-hybridized carbons (Fsp3) is 0.500. The molecule has 2 rings (SSSR count). The monoisotopic (exact) mass is 269 g/mol. The van der Waals surface area contributed by atoms with Crippen molar-refractivity contribution in [1.29, 1.82) is 0 Å². The lowest BCUT2D eigenvalue weighted by Crippen LogP contribution is -2.25. The Morgan fingerprint density at radius 2 is 2.07 bits per heavy atom. The third-order valence-electron chi connectivity index (χ3n) is 2.98. The van der Waals surface area contributed by atoms with E-state index >= 15 is 0 Å². The van der Waals surface area contributed by atoms with Gasteiger partial charge in [0.2, 0.25) is 0 Å². The molecule has 2 N–H and O–H groups in total. The van der Waals surface area contributed by atoms with Crippen LogP contribution in [0.3, 0.4) is 0 Å². The first-order valence-corrected chi connectivity index (χ1v) is 6.26. The molecule has 0 aliphatic heterocycles. The van der Waals surface area contributed by atoms with Gasteiger partial charge in [0.05, 0.1) is 0 Å². The van der Waals surface area contributed by atoms with Gasteiger partial charge in [0, 0.05) is 22.6 Å². The molecule has 0 radical (unpaired) electrons. The second kappa shape index (κ2) is 4.99. The van der Waals surface area contributed by atoms with Crippen molar-refractivity contribution in [3.8, 4) is 5.75 Å². The van der Waals surface area contributed by atoms with Crippen LogP contribution in [0, 0.1) is 0 Å². The van der Waals surface area contributed by atoms with E-state index < -0.39 is 0 Å². The molecule has 0 amide bonds. The molecule has 15 heavy (non-hydrogen) atoms. The molecule has 1 aromatic carbocycles. The molecule has 82 valence electrons. The summed E-state index contributed by atoms with van der Waals surface area (Å²) in [6.45, 7) is 0.768. The highest BCUT2D eigenvalue weighted by molar-refractivity contribution is 9.10. The van der Waals surface area contributed by atoms with Gasteiger partial charge in [-0.1, -0.05) is 34.8 Å². The number of hydrogen-bond donors (Lipinski definition) is 2. The molecule has 1 aliphatic rings. The quantitative estimate of drug-likeness (QED) is 0.884. The summed E-state index contributed by atoms with van der Waals surface area (Å²) < 4.78 is 0.921. The number of nitrogens with one attached hydrogen (secondary N) is 1. The van der Waals surface area contributed by atoms with E-state index in [9.17, 15) is 5.11 Å². The van der Waals surface area contributed by atoms with Crippen LogP contribution < -0.4 is 5.32 Å². The summed E-state index contributed by atoms with van der Waals surface area (Å²) in [5.74, 6) is 0.370. The van der Waals surface area contributed by atoms with E-state index in [1.807, 2.05) is 12.1 Å². The summed E-state index contributed by atoms with van der Waals surface area (Å²) in [7, 11) is 0. The van der Waals surface area contributed by atoms with Gasteiger partial charge in [0.15, 0.2) is 0 Å². The fourth-order valence-electron chi connectivity index (χ4n) is 2.07. The Kier molecular flexibility index (Phi) is 3.65. The Morgan fingerprint density at radius 1 is 1.33 bits per heavy atom. The predicted octanol–water partition coefficient (Wildman–Crippen LogP) is 3.19. The van der Waals surface area contributed by atoms with E-state index in [2.05, 4.69) is 21.2 Å². The molecular formula is C12H16BrNO. The number of halogens is 1. The van der Waals surface area contributed by atoms with Gasteiger partial charge in [0.25, 0.3) is 0 Å². The van der Waals surface area contributed by atoms with Crippen LogP contribution in [0.1, 0.15) is 31.2 Å². The lowest BCUT2D eigenvalue weighted by molar-refractivity contribution is 0.456. The first kappa shape index (κ1) is 11.0.